The lowest BCUT2D eigenvalue weighted by Crippen LogP contribution is -2.47. The molecule has 0 aliphatic carbocycles. The third-order valence-electron chi connectivity index (χ3n) is 10.0. The second-order valence-electron chi connectivity index (χ2n) is 17.5. The quantitative estimate of drug-likeness (QED) is 0.154. The third-order valence-corrected chi connectivity index (χ3v) is 12.1. The van der Waals surface area contributed by atoms with Gasteiger partial charge in [-0.1, -0.05) is 194 Å². The molecule has 0 saturated heterocycles. The Hall–Kier alpha value is -5.45. The zero-order chi connectivity index (χ0) is 38.3. The minimum Gasteiger partial charge on any atom is -0.208 e. The van der Waals surface area contributed by atoms with Crippen molar-refractivity contribution in [2.45, 2.75) is 72.0 Å². The second kappa shape index (κ2) is 14.4. The van der Waals surface area contributed by atoms with E-state index in [-0.39, 0.29) is 10.8 Å². The van der Waals surface area contributed by atoms with Crippen LogP contribution in [0.2, 0.25) is 19.6 Å². The highest BCUT2D eigenvalue weighted by atomic mass is 28.3. The van der Waals surface area contributed by atoms with Crippen LogP contribution in [0, 0.1) is 0 Å². The fraction of sp³-hybridized carbons (Fsp3) is 0.220. The minimum atomic E-state index is -1.65. The van der Waals surface area contributed by atoms with Crippen LogP contribution in [0.4, 0.5) is 0 Å². The first-order valence-electron chi connectivity index (χ1n) is 19.0. The van der Waals surface area contributed by atoms with Crippen molar-refractivity contribution in [1.29, 1.82) is 0 Å². The third kappa shape index (κ3) is 7.90. The van der Waals surface area contributed by atoms with Crippen LogP contribution in [0.3, 0.4) is 0 Å². The van der Waals surface area contributed by atoms with Crippen molar-refractivity contribution >= 4 is 13.3 Å². The summed E-state index contributed by atoms with van der Waals surface area (Å²) in [5, 5.41) is 1.61. The number of hydrogen-bond acceptors (Lipinski definition) is 3. The molecule has 1 heterocycles. The molecule has 0 aliphatic heterocycles. The first-order chi connectivity index (χ1) is 25.6. The Bertz CT molecular complexity index is 2390. The maximum absolute atomic E-state index is 5.11. The molecule has 0 fully saturated rings. The minimum absolute atomic E-state index is 0.0302. The van der Waals surface area contributed by atoms with E-state index in [1.165, 1.54) is 22.3 Å². The van der Waals surface area contributed by atoms with Gasteiger partial charge in [-0.3, -0.25) is 0 Å². The Morgan fingerprint density at radius 2 is 0.648 bits per heavy atom. The van der Waals surface area contributed by atoms with Crippen molar-refractivity contribution in [3.8, 4) is 67.5 Å². The zero-order valence-corrected chi connectivity index (χ0v) is 34.2. The van der Waals surface area contributed by atoms with Gasteiger partial charge in [0.25, 0.3) is 0 Å². The summed E-state index contributed by atoms with van der Waals surface area (Å²) in [6.07, 6.45) is 0. The van der Waals surface area contributed by atoms with E-state index in [1.54, 1.807) is 5.19 Å². The Labute approximate surface area is 323 Å². The predicted molar refractivity (Wildman–Crippen MR) is 233 cm³/mol. The molecule has 0 unspecified atom stereocenters. The summed E-state index contributed by atoms with van der Waals surface area (Å²) in [6.45, 7) is 21.6. The maximum atomic E-state index is 5.11. The van der Waals surface area contributed by atoms with Gasteiger partial charge in [-0.25, -0.2) is 15.0 Å². The van der Waals surface area contributed by atoms with Crippen LogP contribution in [-0.4, -0.2) is 23.0 Å². The van der Waals surface area contributed by atoms with Gasteiger partial charge in [-0.05, 0) is 73.5 Å². The van der Waals surface area contributed by atoms with Gasteiger partial charge in [0, 0.05) is 16.7 Å². The molecule has 3 nitrogen and oxygen atoms in total. The molecule has 0 N–H and O–H groups in total. The lowest BCUT2D eigenvalue weighted by molar-refractivity contribution is 0.575. The van der Waals surface area contributed by atoms with Crippen molar-refractivity contribution in [2.24, 2.45) is 0 Å². The summed E-state index contributed by atoms with van der Waals surface area (Å²) >= 11 is 0. The average Bonchev–Trinajstić information content (AvgIpc) is 3.17. The number of hydrogen-bond donors (Lipinski definition) is 0. The molecular weight excluding hydrogens is 671 g/mol. The molecule has 54 heavy (non-hydrogen) atoms. The van der Waals surface area contributed by atoms with E-state index in [0.717, 1.165) is 38.9 Å². The van der Waals surface area contributed by atoms with E-state index in [4.69, 9.17) is 15.0 Å². The lowest BCUT2D eigenvalue weighted by atomic mass is 9.78. The van der Waals surface area contributed by atoms with E-state index < -0.39 is 8.07 Å². The van der Waals surface area contributed by atoms with Gasteiger partial charge in [-0.2, -0.15) is 0 Å². The summed E-state index contributed by atoms with van der Waals surface area (Å²) in [4.78, 5) is 15.2. The molecule has 1 aromatic heterocycles. The molecular formula is C50H51N3Si. The van der Waals surface area contributed by atoms with Gasteiger partial charge in [-0.15, -0.1) is 0 Å². The number of nitrogens with zero attached hydrogens (tertiary/aromatic N) is 3. The molecule has 0 atom stereocenters. The van der Waals surface area contributed by atoms with Gasteiger partial charge >= 0.3 is 0 Å². The summed E-state index contributed by atoms with van der Waals surface area (Å²) in [7, 11) is -1.65. The average molecular weight is 722 g/mol. The number of benzene rings is 6. The summed E-state index contributed by atoms with van der Waals surface area (Å²) in [5.41, 5.74) is 12.9. The Balaban J connectivity index is 1.33. The molecule has 6 aromatic carbocycles. The normalized spacial score (nSPS) is 12.2. The van der Waals surface area contributed by atoms with Crippen LogP contribution in [0.5, 0.6) is 0 Å². The van der Waals surface area contributed by atoms with Crippen LogP contribution in [0.25, 0.3) is 67.5 Å². The monoisotopic (exact) mass is 721 g/mol. The maximum Gasteiger partial charge on any atom is 0.164 e. The van der Waals surface area contributed by atoms with Crippen molar-refractivity contribution < 1.29 is 0 Å². The molecule has 0 radical (unpaired) electrons. The van der Waals surface area contributed by atoms with Crippen LogP contribution in [0.1, 0.15) is 52.7 Å². The topological polar surface area (TPSA) is 38.7 Å². The van der Waals surface area contributed by atoms with Crippen molar-refractivity contribution in [3.63, 3.8) is 0 Å². The summed E-state index contributed by atoms with van der Waals surface area (Å²) in [5.74, 6) is 1.95. The molecule has 7 rings (SSSR count). The molecule has 7 aromatic rings. The molecule has 0 bridgehead atoms. The number of aromatic nitrogens is 3. The highest BCUT2D eigenvalue weighted by Crippen LogP contribution is 2.37. The number of rotatable bonds is 7. The SMILES string of the molecule is CC(C)(C)c1cc(-c2cccc(-c3cccc(-c4nc(-c5ccccc5)nc(-c5cccc(-c6ccccc6)c5)n4)c3)c2)cc(C(C)(C)C)c1[Si](C)(C)C. The molecule has 4 heteroatoms. The van der Waals surface area contributed by atoms with Gasteiger partial charge in [0.05, 0.1) is 8.07 Å². The van der Waals surface area contributed by atoms with E-state index in [2.05, 4.69) is 183 Å². The van der Waals surface area contributed by atoms with E-state index in [1.807, 2.05) is 24.3 Å². The molecule has 0 amide bonds. The standard InChI is InChI=1S/C50H51N3Si/c1-49(2,3)43-32-42(33-44(50(4,5)6)45(43)54(7,8)9)39-26-16-24-37(29-39)38-25-18-28-41(31-38)48-52-46(35-21-14-11-15-22-35)51-47(53-48)40-27-17-23-36(30-40)34-19-12-10-13-20-34/h10-33H,1-9H3. The lowest BCUT2D eigenvalue weighted by Gasteiger charge is -2.36. The van der Waals surface area contributed by atoms with E-state index >= 15 is 0 Å². The van der Waals surface area contributed by atoms with E-state index in [0.29, 0.717) is 17.5 Å². The first-order valence-corrected chi connectivity index (χ1v) is 22.5. The van der Waals surface area contributed by atoms with Gasteiger partial charge < -0.3 is 0 Å². The van der Waals surface area contributed by atoms with Crippen LogP contribution in [-0.2, 0) is 10.8 Å². The smallest absolute Gasteiger partial charge is 0.164 e. The van der Waals surface area contributed by atoms with Gasteiger partial charge in [0.15, 0.2) is 17.5 Å². The molecule has 0 spiro atoms. The fourth-order valence-electron chi connectivity index (χ4n) is 7.33. The predicted octanol–water partition coefficient (Wildman–Crippen LogP) is 13.0. The first kappa shape index (κ1) is 36.9. The Morgan fingerprint density at radius 3 is 1.06 bits per heavy atom. The van der Waals surface area contributed by atoms with Crippen molar-refractivity contribution in [2.75, 3.05) is 0 Å². The highest BCUT2D eigenvalue weighted by molar-refractivity contribution is 6.89. The van der Waals surface area contributed by atoms with E-state index in [9.17, 15) is 0 Å². The van der Waals surface area contributed by atoms with Crippen LogP contribution in [0.15, 0.2) is 146 Å². The second-order valence-corrected chi connectivity index (χ2v) is 22.5. The van der Waals surface area contributed by atoms with Gasteiger partial charge in [0.2, 0.25) is 0 Å². The van der Waals surface area contributed by atoms with Gasteiger partial charge in [0.1, 0.15) is 0 Å². The Morgan fingerprint density at radius 1 is 0.333 bits per heavy atom. The summed E-state index contributed by atoms with van der Waals surface area (Å²) < 4.78 is 0. The highest BCUT2D eigenvalue weighted by Gasteiger charge is 2.33. The molecule has 0 aliphatic rings. The van der Waals surface area contributed by atoms with Crippen LogP contribution < -0.4 is 5.19 Å². The van der Waals surface area contributed by atoms with Crippen LogP contribution >= 0.6 is 0 Å². The Kier molecular flexibility index (Phi) is 9.84. The largest absolute Gasteiger partial charge is 0.208 e. The molecule has 0 saturated carbocycles. The fourth-order valence-corrected chi connectivity index (χ4v) is 9.85. The van der Waals surface area contributed by atoms with Crippen molar-refractivity contribution in [1.82, 2.24) is 15.0 Å². The van der Waals surface area contributed by atoms with Crippen molar-refractivity contribution in [3.05, 3.63) is 157 Å². The summed E-state index contributed by atoms with van der Waals surface area (Å²) in [6, 6.07) is 51.6. The molecule has 270 valence electrons. The zero-order valence-electron chi connectivity index (χ0n) is 33.2.